The van der Waals surface area contributed by atoms with Gasteiger partial charge in [-0.25, -0.2) is 0 Å². The van der Waals surface area contributed by atoms with E-state index in [1.807, 2.05) is 77.9 Å². The second kappa shape index (κ2) is 10.0. The largest absolute Gasteiger partial charge is 0.378 e. The fourth-order valence-corrected chi connectivity index (χ4v) is 3.64. The zero-order valence-electron chi connectivity index (χ0n) is 18.9. The van der Waals surface area contributed by atoms with Gasteiger partial charge < -0.3 is 10.2 Å². The second-order valence-corrected chi connectivity index (χ2v) is 9.99. The van der Waals surface area contributed by atoms with Gasteiger partial charge in [0.15, 0.2) is 0 Å². The summed E-state index contributed by atoms with van der Waals surface area (Å²) >= 11 is 1.31. The van der Waals surface area contributed by atoms with Crippen LogP contribution in [-0.4, -0.2) is 42.1 Å². The van der Waals surface area contributed by atoms with Crippen LogP contribution in [0.2, 0.25) is 0 Å². The summed E-state index contributed by atoms with van der Waals surface area (Å²) in [6.07, 6.45) is 1.13. The highest BCUT2D eigenvalue weighted by molar-refractivity contribution is 7.18. The Morgan fingerprint density at radius 2 is 1.77 bits per heavy atom. The van der Waals surface area contributed by atoms with E-state index in [0.717, 1.165) is 22.7 Å². The van der Waals surface area contributed by atoms with Gasteiger partial charge in [-0.05, 0) is 35.6 Å². The van der Waals surface area contributed by atoms with Crippen LogP contribution < -0.4 is 15.5 Å². The van der Waals surface area contributed by atoms with Crippen molar-refractivity contribution in [1.82, 2.24) is 15.5 Å². The zero-order valence-corrected chi connectivity index (χ0v) is 19.8. The SMILES string of the molecule is CC[C@H](C)[C@@H](NC(=O)CC(C)(C)C)C(=O)Nc1nnc(-c2ccc(N(C)C)cc2)s1. The van der Waals surface area contributed by atoms with Crippen molar-refractivity contribution in [3.05, 3.63) is 24.3 Å². The highest BCUT2D eigenvalue weighted by atomic mass is 32.1. The molecule has 1 aromatic heterocycles. The summed E-state index contributed by atoms with van der Waals surface area (Å²) in [5, 5.41) is 15.2. The molecule has 30 heavy (non-hydrogen) atoms. The summed E-state index contributed by atoms with van der Waals surface area (Å²) in [4.78, 5) is 27.3. The number of anilines is 2. The third-order valence-corrected chi connectivity index (χ3v) is 5.68. The molecule has 2 N–H and O–H groups in total. The Labute approximate surface area is 183 Å². The van der Waals surface area contributed by atoms with Crippen molar-refractivity contribution in [3.63, 3.8) is 0 Å². The van der Waals surface area contributed by atoms with Crippen molar-refractivity contribution >= 4 is 34.0 Å². The molecule has 0 aliphatic rings. The molecule has 0 aliphatic carbocycles. The first-order valence-corrected chi connectivity index (χ1v) is 11.0. The predicted molar refractivity (Wildman–Crippen MR) is 124 cm³/mol. The second-order valence-electron chi connectivity index (χ2n) is 9.01. The van der Waals surface area contributed by atoms with Crippen molar-refractivity contribution in [1.29, 1.82) is 0 Å². The van der Waals surface area contributed by atoms with Crippen LogP contribution in [0, 0.1) is 11.3 Å². The summed E-state index contributed by atoms with van der Waals surface area (Å²) in [7, 11) is 3.98. The average molecular weight is 432 g/mol. The number of hydrogen-bond donors (Lipinski definition) is 2. The Bertz CT molecular complexity index is 855. The lowest BCUT2D eigenvalue weighted by Gasteiger charge is -2.25. The molecule has 0 spiro atoms. The van der Waals surface area contributed by atoms with Crippen LogP contribution in [0.1, 0.15) is 47.5 Å². The van der Waals surface area contributed by atoms with Crippen molar-refractivity contribution in [2.45, 2.75) is 53.5 Å². The van der Waals surface area contributed by atoms with E-state index in [-0.39, 0.29) is 23.1 Å². The van der Waals surface area contributed by atoms with E-state index in [0.29, 0.717) is 11.6 Å². The van der Waals surface area contributed by atoms with Gasteiger partial charge >= 0.3 is 0 Å². The Hall–Kier alpha value is -2.48. The van der Waals surface area contributed by atoms with Crippen LogP contribution >= 0.6 is 11.3 Å². The quantitative estimate of drug-likeness (QED) is 0.655. The molecule has 0 radical (unpaired) electrons. The maximum atomic E-state index is 12.9. The number of carbonyl (C=O) groups is 2. The van der Waals surface area contributed by atoms with E-state index in [4.69, 9.17) is 0 Å². The van der Waals surface area contributed by atoms with E-state index in [9.17, 15) is 9.59 Å². The first-order valence-electron chi connectivity index (χ1n) is 10.2. The molecule has 2 rings (SSSR count). The van der Waals surface area contributed by atoms with Gasteiger partial charge in [-0.1, -0.05) is 52.4 Å². The molecule has 7 nitrogen and oxygen atoms in total. The number of aromatic nitrogens is 2. The number of amides is 2. The van der Waals surface area contributed by atoms with E-state index >= 15 is 0 Å². The van der Waals surface area contributed by atoms with Gasteiger partial charge in [0.1, 0.15) is 11.0 Å². The van der Waals surface area contributed by atoms with Gasteiger partial charge in [-0.15, -0.1) is 10.2 Å². The number of nitrogens with one attached hydrogen (secondary N) is 2. The number of hydrogen-bond acceptors (Lipinski definition) is 6. The highest BCUT2D eigenvalue weighted by Crippen LogP contribution is 2.28. The lowest BCUT2D eigenvalue weighted by molar-refractivity contribution is -0.128. The van der Waals surface area contributed by atoms with Crippen LogP contribution in [0.4, 0.5) is 10.8 Å². The van der Waals surface area contributed by atoms with Crippen LogP contribution in [0.5, 0.6) is 0 Å². The third kappa shape index (κ3) is 6.79. The van der Waals surface area contributed by atoms with Gasteiger partial charge in [0.2, 0.25) is 16.9 Å². The van der Waals surface area contributed by atoms with Crippen molar-refractivity contribution in [2.75, 3.05) is 24.3 Å². The van der Waals surface area contributed by atoms with Gasteiger partial charge in [0, 0.05) is 31.8 Å². The minimum atomic E-state index is -0.614. The maximum absolute atomic E-state index is 12.9. The molecule has 0 saturated heterocycles. The third-order valence-electron chi connectivity index (χ3n) is 4.79. The fraction of sp³-hybridized carbons (Fsp3) is 0.545. The zero-order chi connectivity index (χ0) is 22.5. The number of benzene rings is 1. The van der Waals surface area contributed by atoms with Crippen molar-refractivity contribution in [3.8, 4) is 10.6 Å². The number of nitrogens with zero attached hydrogens (tertiary/aromatic N) is 3. The molecule has 2 aromatic rings. The molecule has 1 aromatic carbocycles. The molecule has 2 atom stereocenters. The van der Waals surface area contributed by atoms with Gasteiger partial charge in [-0.2, -0.15) is 0 Å². The summed E-state index contributed by atoms with van der Waals surface area (Å²) < 4.78 is 0. The molecule has 0 saturated carbocycles. The van der Waals surface area contributed by atoms with E-state index < -0.39 is 6.04 Å². The maximum Gasteiger partial charge on any atom is 0.249 e. The molecule has 8 heteroatoms. The lowest BCUT2D eigenvalue weighted by Crippen LogP contribution is -2.48. The van der Waals surface area contributed by atoms with Crippen molar-refractivity contribution < 1.29 is 9.59 Å². The number of rotatable bonds is 8. The Kier molecular flexibility index (Phi) is 7.95. The normalized spacial score (nSPS) is 13.4. The van der Waals surface area contributed by atoms with Crippen LogP contribution in [0.25, 0.3) is 10.6 Å². The fourth-order valence-electron chi connectivity index (χ4n) is 2.88. The average Bonchev–Trinajstić information content (AvgIpc) is 3.12. The molecule has 0 unspecified atom stereocenters. The Morgan fingerprint density at radius 1 is 1.13 bits per heavy atom. The van der Waals surface area contributed by atoms with E-state index in [1.54, 1.807) is 0 Å². The molecular weight excluding hydrogens is 398 g/mol. The van der Waals surface area contributed by atoms with Crippen LogP contribution in [0.15, 0.2) is 24.3 Å². The van der Waals surface area contributed by atoms with E-state index in [2.05, 4.69) is 20.8 Å². The lowest BCUT2D eigenvalue weighted by atomic mass is 9.91. The molecule has 0 aliphatic heterocycles. The topological polar surface area (TPSA) is 87.2 Å². The van der Waals surface area contributed by atoms with Gasteiger partial charge in [-0.3, -0.25) is 14.9 Å². The Morgan fingerprint density at radius 3 is 2.30 bits per heavy atom. The highest BCUT2D eigenvalue weighted by Gasteiger charge is 2.28. The standard InChI is InChI=1S/C22H33N5O2S/c1-8-14(2)18(23-17(28)13-22(3,4)5)19(29)24-21-26-25-20(30-21)15-9-11-16(12-10-15)27(6)7/h9-12,14,18H,8,13H2,1-7H3,(H,23,28)(H,24,26,29)/t14-,18+/m0/s1. The Balaban J connectivity index is 2.09. The van der Waals surface area contributed by atoms with E-state index in [1.165, 1.54) is 11.3 Å². The first kappa shape index (κ1) is 23.8. The minimum Gasteiger partial charge on any atom is -0.378 e. The summed E-state index contributed by atoms with van der Waals surface area (Å²) in [6, 6.07) is 7.38. The summed E-state index contributed by atoms with van der Waals surface area (Å²) in [5.41, 5.74) is 1.89. The molecule has 2 amide bonds. The predicted octanol–water partition coefficient (Wildman–Crippen LogP) is 4.18. The molecule has 0 bridgehead atoms. The van der Waals surface area contributed by atoms with Gasteiger partial charge in [0.25, 0.3) is 0 Å². The summed E-state index contributed by atoms with van der Waals surface area (Å²) in [6.45, 7) is 9.96. The van der Waals surface area contributed by atoms with Crippen LogP contribution in [-0.2, 0) is 9.59 Å². The number of carbonyl (C=O) groups excluding carboxylic acids is 2. The van der Waals surface area contributed by atoms with Crippen LogP contribution in [0.3, 0.4) is 0 Å². The monoisotopic (exact) mass is 431 g/mol. The summed E-state index contributed by atoms with van der Waals surface area (Å²) in [5.74, 6) is -0.390. The molecular formula is C22H33N5O2S. The molecule has 164 valence electrons. The van der Waals surface area contributed by atoms with Crippen molar-refractivity contribution in [2.24, 2.45) is 11.3 Å². The first-order chi connectivity index (χ1) is 14.0. The van der Waals surface area contributed by atoms with Gasteiger partial charge in [0.05, 0.1) is 0 Å². The molecule has 0 fully saturated rings. The molecule has 1 heterocycles. The minimum absolute atomic E-state index is 0.000104. The smallest absolute Gasteiger partial charge is 0.249 e.